The highest BCUT2D eigenvalue weighted by molar-refractivity contribution is 5.95. The predicted octanol–water partition coefficient (Wildman–Crippen LogP) is 1.75. The number of aryl methyl sites for hydroxylation is 1. The van der Waals surface area contributed by atoms with Gasteiger partial charge in [-0.15, -0.1) is 0 Å². The van der Waals surface area contributed by atoms with Gasteiger partial charge in [0, 0.05) is 24.6 Å². The van der Waals surface area contributed by atoms with E-state index >= 15 is 0 Å². The molecule has 0 aromatic heterocycles. The van der Waals surface area contributed by atoms with Gasteiger partial charge in [-0.2, -0.15) is 0 Å². The van der Waals surface area contributed by atoms with Crippen LogP contribution in [0.3, 0.4) is 0 Å². The lowest BCUT2D eigenvalue weighted by Crippen LogP contribution is -2.47. The number of nitrogens with one attached hydrogen (secondary N) is 2. The van der Waals surface area contributed by atoms with Crippen LogP contribution in [0.25, 0.3) is 0 Å². The Hall–Kier alpha value is -1.59. The highest BCUT2D eigenvalue weighted by Gasteiger charge is 2.32. The average molecular weight is 306 g/mol. The van der Waals surface area contributed by atoms with Gasteiger partial charge in [-0.3, -0.25) is 4.79 Å². The van der Waals surface area contributed by atoms with E-state index in [1.165, 1.54) is 0 Å². The Balaban J connectivity index is 2.01. The molecule has 5 nitrogen and oxygen atoms in total. The van der Waals surface area contributed by atoms with Crippen molar-refractivity contribution in [3.63, 3.8) is 0 Å². The third-order valence-electron chi connectivity index (χ3n) is 4.42. The van der Waals surface area contributed by atoms with Gasteiger partial charge in [0.15, 0.2) is 0 Å². The second kappa shape index (κ2) is 7.61. The van der Waals surface area contributed by atoms with E-state index in [4.69, 9.17) is 9.47 Å². The maximum atomic E-state index is 12.4. The van der Waals surface area contributed by atoms with E-state index < -0.39 is 0 Å². The summed E-state index contributed by atoms with van der Waals surface area (Å²) in [4.78, 5) is 12.4. The minimum absolute atomic E-state index is 0.0332. The van der Waals surface area contributed by atoms with Crippen LogP contribution in [0.1, 0.15) is 28.8 Å². The van der Waals surface area contributed by atoms with Gasteiger partial charge in [0.1, 0.15) is 5.75 Å². The van der Waals surface area contributed by atoms with Crippen LogP contribution in [-0.2, 0) is 4.74 Å². The van der Waals surface area contributed by atoms with Crippen LogP contribution < -0.4 is 15.4 Å². The number of hydrogen-bond donors (Lipinski definition) is 2. The largest absolute Gasteiger partial charge is 0.497 e. The fraction of sp³-hybridized carbons (Fsp3) is 0.588. The number of carbonyl (C=O) groups is 1. The number of amides is 1. The Labute approximate surface area is 132 Å². The summed E-state index contributed by atoms with van der Waals surface area (Å²) >= 11 is 0. The molecule has 1 saturated heterocycles. The Morgan fingerprint density at radius 1 is 1.32 bits per heavy atom. The van der Waals surface area contributed by atoms with Gasteiger partial charge < -0.3 is 20.1 Å². The fourth-order valence-electron chi connectivity index (χ4n) is 3.02. The molecule has 1 amide bonds. The van der Waals surface area contributed by atoms with Crippen LogP contribution in [0.2, 0.25) is 0 Å². The quantitative estimate of drug-likeness (QED) is 0.840. The third kappa shape index (κ3) is 3.99. The third-order valence-corrected chi connectivity index (χ3v) is 4.42. The topological polar surface area (TPSA) is 59.6 Å². The van der Waals surface area contributed by atoms with Crippen molar-refractivity contribution < 1.29 is 14.3 Å². The van der Waals surface area contributed by atoms with Crippen LogP contribution in [-0.4, -0.2) is 46.4 Å². The summed E-state index contributed by atoms with van der Waals surface area (Å²) in [6.45, 7) is 5.19. The van der Waals surface area contributed by atoms with E-state index in [1.807, 2.05) is 25.1 Å². The zero-order valence-corrected chi connectivity index (χ0v) is 13.7. The van der Waals surface area contributed by atoms with E-state index in [9.17, 15) is 4.79 Å². The number of hydrogen-bond acceptors (Lipinski definition) is 4. The van der Waals surface area contributed by atoms with Gasteiger partial charge >= 0.3 is 0 Å². The van der Waals surface area contributed by atoms with Crippen molar-refractivity contribution >= 4 is 5.91 Å². The first-order valence-corrected chi connectivity index (χ1v) is 7.73. The predicted molar refractivity (Wildman–Crippen MR) is 86.5 cm³/mol. The summed E-state index contributed by atoms with van der Waals surface area (Å²) in [5, 5.41) is 6.44. The zero-order chi connectivity index (χ0) is 16.0. The van der Waals surface area contributed by atoms with E-state index in [2.05, 4.69) is 10.6 Å². The normalized spacial score (nSPS) is 17.0. The first kappa shape index (κ1) is 16.8. The molecule has 0 aliphatic carbocycles. The van der Waals surface area contributed by atoms with Gasteiger partial charge in [0.25, 0.3) is 5.91 Å². The minimum Gasteiger partial charge on any atom is -0.497 e. The van der Waals surface area contributed by atoms with E-state index in [1.54, 1.807) is 14.2 Å². The minimum atomic E-state index is -0.0332. The van der Waals surface area contributed by atoms with Crippen LogP contribution in [0.4, 0.5) is 0 Å². The van der Waals surface area contributed by atoms with Crippen molar-refractivity contribution in [1.82, 2.24) is 10.6 Å². The molecule has 5 heteroatoms. The van der Waals surface area contributed by atoms with Gasteiger partial charge in [0.2, 0.25) is 0 Å². The summed E-state index contributed by atoms with van der Waals surface area (Å²) in [6, 6.07) is 5.51. The average Bonchev–Trinajstić information content (AvgIpc) is 2.54. The fourth-order valence-corrected chi connectivity index (χ4v) is 3.02. The number of carbonyl (C=O) groups excluding carboxylic acids is 1. The Kier molecular flexibility index (Phi) is 5.80. The Morgan fingerprint density at radius 3 is 2.64 bits per heavy atom. The summed E-state index contributed by atoms with van der Waals surface area (Å²) in [7, 11) is 3.35. The van der Waals surface area contributed by atoms with E-state index in [-0.39, 0.29) is 11.3 Å². The maximum Gasteiger partial charge on any atom is 0.251 e. The lowest BCUT2D eigenvalue weighted by molar-refractivity contribution is 0.0511. The molecule has 1 aromatic carbocycles. The Bertz CT molecular complexity index is 505. The first-order valence-electron chi connectivity index (χ1n) is 7.73. The smallest absolute Gasteiger partial charge is 0.251 e. The van der Waals surface area contributed by atoms with Gasteiger partial charge in [-0.25, -0.2) is 0 Å². The molecule has 0 bridgehead atoms. The molecule has 1 aliphatic heterocycles. The number of benzene rings is 1. The molecule has 1 aromatic rings. The molecule has 0 saturated carbocycles. The molecule has 0 unspecified atom stereocenters. The van der Waals surface area contributed by atoms with Crippen molar-refractivity contribution in [3.8, 4) is 5.75 Å². The second-order valence-electron chi connectivity index (χ2n) is 6.05. The van der Waals surface area contributed by atoms with Crippen LogP contribution in [0, 0.1) is 12.3 Å². The van der Waals surface area contributed by atoms with Crippen molar-refractivity contribution in [2.45, 2.75) is 19.8 Å². The monoisotopic (exact) mass is 306 g/mol. The van der Waals surface area contributed by atoms with Gasteiger partial charge in [-0.05, 0) is 56.6 Å². The highest BCUT2D eigenvalue weighted by Crippen LogP contribution is 2.28. The Morgan fingerprint density at radius 2 is 2.05 bits per heavy atom. The number of piperidine rings is 1. The van der Waals surface area contributed by atoms with Crippen LogP contribution >= 0.6 is 0 Å². The SMILES string of the molecule is COCC1(CNC(=O)c2ccc(OC)cc2C)CCNCC1. The molecule has 1 aliphatic rings. The summed E-state index contributed by atoms with van der Waals surface area (Å²) < 4.78 is 10.6. The molecular weight excluding hydrogens is 280 g/mol. The van der Waals surface area contributed by atoms with E-state index in [0.717, 1.165) is 37.2 Å². The lowest BCUT2D eigenvalue weighted by Gasteiger charge is -2.37. The molecule has 22 heavy (non-hydrogen) atoms. The van der Waals surface area contributed by atoms with Gasteiger partial charge in [0.05, 0.1) is 13.7 Å². The molecule has 122 valence electrons. The zero-order valence-electron chi connectivity index (χ0n) is 13.7. The molecule has 1 fully saturated rings. The first-order chi connectivity index (χ1) is 10.6. The van der Waals surface area contributed by atoms with Gasteiger partial charge in [-0.1, -0.05) is 0 Å². The highest BCUT2D eigenvalue weighted by atomic mass is 16.5. The van der Waals surface area contributed by atoms with Crippen molar-refractivity contribution in [2.24, 2.45) is 5.41 Å². The molecule has 0 radical (unpaired) electrons. The second-order valence-corrected chi connectivity index (χ2v) is 6.05. The summed E-state index contributed by atoms with van der Waals surface area (Å²) in [6.07, 6.45) is 2.03. The van der Waals surface area contributed by atoms with E-state index in [0.29, 0.717) is 18.7 Å². The van der Waals surface area contributed by atoms with Crippen LogP contribution in [0.15, 0.2) is 18.2 Å². The standard InChI is InChI=1S/C17H26N2O3/c1-13-10-14(22-3)4-5-15(13)16(20)19-11-17(12-21-2)6-8-18-9-7-17/h4-5,10,18H,6-9,11-12H2,1-3H3,(H,19,20). The number of rotatable bonds is 6. The molecule has 1 heterocycles. The molecule has 2 N–H and O–H groups in total. The van der Waals surface area contributed by atoms with Crippen molar-refractivity contribution in [1.29, 1.82) is 0 Å². The molecule has 2 rings (SSSR count). The summed E-state index contributed by atoms with van der Waals surface area (Å²) in [5.41, 5.74) is 1.65. The maximum absolute atomic E-state index is 12.4. The van der Waals surface area contributed by atoms with Crippen molar-refractivity contribution in [2.75, 3.05) is 40.5 Å². The van der Waals surface area contributed by atoms with Crippen molar-refractivity contribution in [3.05, 3.63) is 29.3 Å². The number of ether oxygens (including phenoxy) is 2. The molecular formula is C17H26N2O3. The van der Waals surface area contributed by atoms with Crippen LogP contribution in [0.5, 0.6) is 5.75 Å². The summed E-state index contributed by atoms with van der Waals surface area (Å²) in [5.74, 6) is 0.734. The number of methoxy groups -OCH3 is 2. The molecule has 0 spiro atoms. The molecule has 0 atom stereocenters. The lowest BCUT2D eigenvalue weighted by atomic mass is 9.79.